The largest absolute Gasteiger partial charge is 0.310 e. The highest BCUT2D eigenvalue weighted by Gasteiger charge is 2.27. The van der Waals surface area contributed by atoms with Gasteiger partial charge in [0.2, 0.25) is 0 Å². The van der Waals surface area contributed by atoms with Crippen molar-refractivity contribution in [1.29, 1.82) is 0 Å². The molecule has 0 aliphatic carbocycles. The molecule has 3 nitrogen and oxygen atoms in total. The van der Waals surface area contributed by atoms with Crippen LogP contribution in [-0.4, -0.2) is 26.5 Å². The Kier molecular flexibility index (Phi) is 4.02. The standard InChI is InChI=1S/C13H18FNO2S/c1-10(12-3-2-4-13(14)7-12)15-8-11-5-6-18(16,17)9-11/h2-4,7,10-11,15H,5-6,8-9H2,1H3. The average Bonchev–Trinajstić information content (AvgIpc) is 2.66. The van der Waals surface area contributed by atoms with E-state index in [0.717, 1.165) is 12.0 Å². The number of halogens is 1. The molecule has 0 bridgehead atoms. The van der Waals surface area contributed by atoms with Crippen molar-refractivity contribution in [2.45, 2.75) is 19.4 Å². The van der Waals surface area contributed by atoms with Gasteiger partial charge in [-0.05, 0) is 43.5 Å². The molecule has 2 unspecified atom stereocenters. The van der Waals surface area contributed by atoms with Gasteiger partial charge in [0.1, 0.15) is 5.82 Å². The highest BCUT2D eigenvalue weighted by atomic mass is 32.2. The third kappa shape index (κ3) is 3.53. The molecule has 100 valence electrons. The Hall–Kier alpha value is -0.940. The molecule has 1 aromatic carbocycles. The highest BCUT2D eigenvalue weighted by Crippen LogP contribution is 2.19. The summed E-state index contributed by atoms with van der Waals surface area (Å²) in [5.41, 5.74) is 0.885. The lowest BCUT2D eigenvalue weighted by atomic mass is 10.1. The monoisotopic (exact) mass is 271 g/mol. The summed E-state index contributed by atoms with van der Waals surface area (Å²) < 4.78 is 35.7. The van der Waals surface area contributed by atoms with Crippen LogP contribution in [0.5, 0.6) is 0 Å². The van der Waals surface area contributed by atoms with Crippen LogP contribution in [0.4, 0.5) is 4.39 Å². The van der Waals surface area contributed by atoms with Gasteiger partial charge in [0.15, 0.2) is 9.84 Å². The molecule has 5 heteroatoms. The maximum absolute atomic E-state index is 13.1. The first-order valence-corrected chi connectivity index (χ1v) is 7.98. The van der Waals surface area contributed by atoms with Gasteiger partial charge in [-0.15, -0.1) is 0 Å². The number of hydrogen-bond acceptors (Lipinski definition) is 3. The minimum atomic E-state index is -2.81. The van der Waals surface area contributed by atoms with E-state index in [9.17, 15) is 12.8 Å². The van der Waals surface area contributed by atoms with Gasteiger partial charge in [-0.25, -0.2) is 12.8 Å². The minimum absolute atomic E-state index is 0.0315. The maximum Gasteiger partial charge on any atom is 0.150 e. The molecule has 0 saturated carbocycles. The Morgan fingerprint density at radius 3 is 2.89 bits per heavy atom. The van der Waals surface area contributed by atoms with E-state index in [1.54, 1.807) is 6.07 Å². The molecular weight excluding hydrogens is 253 g/mol. The number of benzene rings is 1. The molecule has 18 heavy (non-hydrogen) atoms. The average molecular weight is 271 g/mol. The van der Waals surface area contributed by atoms with Gasteiger partial charge in [-0.3, -0.25) is 0 Å². The quantitative estimate of drug-likeness (QED) is 0.910. The molecule has 1 N–H and O–H groups in total. The molecule has 1 saturated heterocycles. The molecule has 0 aromatic heterocycles. The zero-order chi connectivity index (χ0) is 13.2. The van der Waals surface area contributed by atoms with Crippen molar-refractivity contribution < 1.29 is 12.8 Å². The summed E-state index contributed by atoms with van der Waals surface area (Å²) in [6.07, 6.45) is 0.727. The van der Waals surface area contributed by atoms with E-state index in [2.05, 4.69) is 5.32 Å². The van der Waals surface area contributed by atoms with Gasteiger partial charge >= 0.3 is 0 Å². The van der Waals surface area contributed by atoms with E-state index in [-0.39, 0.29) is 23.5 Å². The fourth-order valence-electron chi connectivity index (χ4n) is 2.27. The third-order valence-corrected chi connectivity index (χ3v) is 5.23. The molecule has 2 rings (SSSR count). The predicted molar refractivity (Wildman–Crippen MR) is 69.6 cm³/mol. The second-order valence-corrected chi connectivity index (χ2v) is 7.18. The molecule has 0 spiro atoms. The zero-order valence-corrected chi connectivity index (χ0v) is 11.2. The van der Waals surface area contributed by atoms with E-state index in [1.807, 2.05) is 13.0 Å². The van der Waals surface area contributed by atoms with E-state index in [4.69, 9.17) is 0 Å². The topological polar surface area (TPSA) is 46.2 Å². The molecule has 1 heterocycles. The van der Waals surface area contributed by atoms with Crippen LogP contribution in [0.2, 0.25) is 0 Å². The van der Waals surface area contributed by atoms with Crippen LogP contribution in [0.15, 0.2) is 24.3 Å². The summed E-state index contributed by atoms with van der Waals surface area (Å²) in [6.45, 7) is 2.62. The molecule has 1 fully saturated rings. The van der Waals surface area contributed by atoms with Crippen LogP contribution in [0.25, 0.3) is 0 Å². The van der Waals surface area contributed by atoms with Gasteiger partial charge in [0.25, 0.3) is 0 Å². The van der Waals surface area contributed by atoms with E-state index in [0.29, 0.717) is 12.3 Å². The van der Waals surface area contributed by atoms with Crippen LogP contribution in [0.3, 0.4) is 0 Å². The van der Waals surface area contributed by atoms with Gasteiger partial charge in [-0.1, -0.05) is 12.1 Å². The summed E-state index contributed by atoms with van der Waals surface area (Å²) in [7, 11) is -2.81. The van der Waals surface area contributed by atoms with Gasteiger partial charge < -0.3 is 5.32 Å². The van der Waals surface area contributed by atoms with Gasteiger partial charge in [-0.2, -0.15) is 0 Å². The van der Waals surface area contributed by atoms with Crippen molar-refractivity contribution in [1.82, 2.24) is 5.32 Å². The van der Waals surface area contributed by atoms with Crippen molar-refractivity contribution in [3.8, 4) is 0 Å². The number of sulfone groups is 1. The summed E-state index contributed by atoms with van der Waals surface area (Å²) >= 11 is 0. The van der Waals surface area contributed by atoms with Crippen molar-refractivity contribution in [3.05, 3.63) is 35.6 Å². The Morgan fingerprint density at radius 2 is 2.28 bits per heavy atom. The smallest absolute Gasteiger partial charge is 0.150 e. The SMILES string of the molecule is CC(NCC1CCS(=O)(=O)C1)c1cccc(F)c1. The van der Waals surface area contributed by atoms with Crippen LogP contribution < -0.4 is 5.32 Å². The maximum atomic E-state index is 13.1. The van der Waals surface area contributed by atoms with E-state index in [1.165, 1.54) is 12.1 Å². The Morgan fingerprint density at radius 1 is 1.50 bits per heavy atom. The van der Waals surface area contributed by atoms with Gasteiger partial charge in [0.05, 0.1) is 11.5 Å². The molecule has 1 aliphatic heterocycles. The zero-order valence-electron chi connectivity index (χ0n) is 10.4. The molecular formula is C13H18FNO2S. The van der Waals surface area contributed by atoms with E-state index >= 15 is 0 Å². The lowest BCUT2D eigenvalue weighted by molar-refractivity contribution is 0.475. The van der Waals surface area contributed by atoms with Crippen molar-refractivity contribution in [3.63, 3.8) is 0 Å². The fraction of sp³-hybridized carbons (Fsp3) is 0.538. The lowest BCUT2D eigenvalue weighted by Crippen LogP contribution is -2.26. The molecule has 1 aliphatic rings. The summed E-state index contributed by atoms with van der Waals surface area (Å²) in [5, 5.41) is 3.27. The number of rotatable bonds is 4. The van der Waals surface area contributed by atoms with E-state index < -0.39 is 9.84 Å². The predicted octanol–water partition coefficient (Wildman–Crippen LogP) is 1.91. The van der Waals surface area contributed by atoms with Crippen LogP contribution in [-0.2, 0) is 9.84 Å². The molecule has 1 aromatic rings. The van der Waals surface area contributed by atoms with Crippen molar-refractivity contribution in [2.75, 3.05) is 18.1 Å². The molecule has 2 atom stereocenters. The molecule has 0 radical (unpaired) electrons. The number of nitrogens with one attached hydrogen (secondary N) is 1. The second-order valence-electron chi connectivity index (χ2n) is 4.95. The first-order chi connectivity index (χ1) is 8.46. The fourth-order valence-corrected chi connectivity index (χ4v) is 4.13. The first-order valence-electron chi connectivity index (χ1n) is 6.15. The summed E-state index contributed by atoms with van der Waals surface area (Å²) in [5.74, 6) is 0.513. The minimum Gasteiger partial charge on any atom is -0.310 e. The second kappa shape index (κ2) is 5.36. The van der Waals surface area contributed by atoms with Gasteiger partial charge in [0, 0.05) is 6.04 Å². The normalized spacial score (nSPS) is 24.0. The summed E-state index contributed by atoms with van der Waals surface area (Å²) in [4.78, 5) is 0. The first kappa shape index (κ1) is 13.5. The van der Waals surface area contributed by atoms with Crippen molar-refractivity contribution >= 4 is 9.84 Å². The van der Waals surface area contributed by atoms with Crippen molar-refractivity contribution in [2.24, 2.45) is 5.92 Å². The van der Waals surface area contributed by atoms with Crippen LogP contribution >= 0.6 is 0 Å². The third-order valence-electron chi connectivity index (χ3n) is 3.39. The Balaban J connectivity index is 1.87. The molecule has 0 amide bonds. The summed E-state index contributed by atoms with van der Waals surface area (Å²) in [6, 6.07) is 6.50. The number of hydrogen-bond donors (Lipinski definition) is 1. The van der Waals surface area contributed by atoms with Crippen LogP contribution in [0.1, 0.15) is 24.9 Å². The Labute approximate surface area is 107 Å². The highest BCUT2D eigenvalue weighted by molar-refractivity contribution is 7.91. The Bertz CT molecular complexity index is 515. The lowest BCUT2D eigenvalue weighted by Gasteiger charge is -2.16. The van der Waals surface area contributed by atoms with Crippen LogP contribution in [0, 0.1) is 11.7 Å².